The van der Waals surface area contributed by atoms with Gasteiger partial charge in [-0.2, -0.15) is 0 Å². The van der Waals surface area contributed by atoms with Gasteiger partial charge in [-0.15, -0.1) is 0 Å². The van der Waals surface area contributed by atoms with Crippen molar-refractivity contribution in [3.05, 3.63) is 35.4 Å². The van der Waals surface area contributed by atoms with Gasteiger partial charge in [0.2, 0.25) is 0 Å². The zero-order valence-electron chi connectivity index (χ0n) is 11.0. The van der Waals surface area contributed by atoms with Gasteiger partial charge in [0.15, 0.2) is 0 Å². The van der Waals surface area contributed by atoms with Crippen molar-refractivity contribution in [2.45, 2.75) is 45.1 Å². The Morgan fingerprint density at radius 3 is 2.50 bits per heavy atom. The molecule has 1 aliphatic carbocycles. The number of hydrogen-bond donors (Lipinski definition) is 1. The monoisotopic (exact) mass is 253 g/mol. The maximum Gasteiger partial charge on any atom is 0.129 e. The SMILES string of the molecule is CCCNC1CCC(c2c(F)cccc2F)C1C. The van der Waals surface area contributed by atoms with Gasteiger partial charge in [0.25, 0.3) is 0 Å². The molecule has 100 valence electrons. The van der Waals surface area contributed by atoms with Gasteiger partial charge >= 0.3 is 0 Å². The number of hydrogen-bond acceptors (Lipinski definition) is 1. The van der Waals surface area contributed by atoms with Crippen molar-refractivity contribution in [1.82, 2.24) is 5.32 Å². The lowest BCUT2D eigenvalue weighted by Gasteiger charge is -2.22. The van der Waals surface area contributed by atoms with E-state index < -0.39 is 11.6 Å². The van der Waals surface area contributed by atoms with Crippen LogP contribution in [0.25, 0.3) is 0 Å². The van der Waals surface area contributed by atoms with E-state index in [-0.39, 0.29) is 17.4 Å². The first-order valence-corrected chi connectivity index (χ1v) is 6.82. The summed E-state index contributed by atoms with van der Waals surface area (Å²) in [6, 6.07) is 4.53. The minimum absolute atomic E-state index is 0.000515. The zero-order valence-corrected chi connectivity index (χ0v) is 11.0. The normalized spacial score (nSPS) is 27.7. The number of rotatable bonds is 4. The molecule has 3 atom stereocenters. The molecular formula is C15H21F2N. The van der Waals surface area contributed by atoms with Gasteiger partial charge in [0.05, 0.1) is 0 Å². The van der Waals surface area contributed by atoms with Crippen LogP contribution < -0.4 is 5.32 Å². The maximum atomic E-state index is 13.8. The topological polar surface area (TPSA) is 12.0 Å². The Balaban J connectivity index is 2.15. The second kappa shape index (κ2) is 5.79. The average Bonchev–Trinajstić information content (AvgIpc) is 2.69. The van der Waals surface area contributed by atoms with E-state index >= 15 is 0 Å². The van der Waals surface area contributed by atoms with Gasteiger partial charge in [-0.3, -0.25) is 0 Å². The van der Waals surface area contributed by atoms with Crippen LogP contribution in [0.1, 0.15) is 44.6 Å². The van der Waals surface area contributed by atoms with E-state index in [2.05, 4.69) is 19.2 Å². The molecule has 0 spiro atoms. The van der Waals surface area contributed by atoms with Crippen LogP contribution in [0, 0.1) is 17.6 Å². The molecule has 1 fully saturated rings. The summed E-state index contributed by atoms with van der Waals surface area (Å²) in [6.07, 6.45) is 2.95. The summed E-state index contributed by atoms with van der Waals surface area (Å²) < 4.78 is 27.6. The van der Waals surface area contributed by atoms with Crippen molar-refractivity contribution in [2.24, 2.45) is 5.92 Å². The van der Waals surface area contributed by atoms with Crippen molar-refractivity contribution in [3.63, 3.8) is 0 Å². The molecule has 1 aromatic rings. The fraction of sp³-hybridized carbons (Fsp3) is 0.600. The van der Waals surface area contributed by atoms with Crippen LogP contribution in [0.5, 0.6) is 0 Å². The van der Waals surface area contributed by atoms with E-state index in [0.717, 1.165) is 25.8 Å². The first kappa shape index (κ1) is 13.5. The molecule has 1 nitrogen and oxygen atoms in total. The van der Waals surface area contributed by atoms with Gasteiger partial charge in [-0.25, -0.2) is 8.78 Å². The molecule has 18 heavy (non-hydrogen) atoms. The Bertz CT molecular complexity index is 385. The quantitative estimate of drug-likeness (QED) is 0.859. The van der Waals surface area contributed by atoms with E-state index in [9.17, 15) is 8.78 Å². The molecule has 0 amide bonds. The molecule has 1 N–H and O–H groups in total. The van der Waals surface area contributed by atoms with Crippen LogP contribution in [-0.2, 0) is 0 Å². The van der Waals surface area contributed by atoms with Crippen LogP contribution in [0.15, 0.2) is 18.2 Å². The Hall–Kier alpha value is -0.960. The van der Waals surface area contributed by atoms with Gasteiger partial charge in [0, 0.05) is 11.6 Å². The summed E-state index contributed by atoms with van der Waals surface area (Å²) >= 11 is 0. The van der Waals surface area contributed by atoms with Gasteiger partial charge in [-0.1, -0.05) is 19.9 Å². The minimum Gasteiger partial charge on any atom is -0.314 e. The largest absolute Gasteiger partial charge is 0.314 e. The number of halogens is 2. The molecule has 0 bridgehead atoms. The third-order valence-electron chi connectivity index (χ3n) is 4.09. The average molecular weight is 253 g/mol. The molecule has 0 radical (unpaired) electrons. The lowest BCUT2D eigenvalue weighted by atomic mass is 9.88. The lowest BCUT2D eigenvalue weighted by molar-refractivity contribution is 0.391. The molecule has 2 rings (SSSR count). The Labute approximate surface area is 108 Å². The van der Waals surface area contributed by atoms with Crippen molar-refractivity contribution in [2.75, 3.05) is 6.54 Å². The van der Waals surface area contributed by atoms with E-state index in [4.69, 9.17) is 0 Å². The van der Waals surface area contributed by atoms with Crippen LogP contribution >= 0.6 is 0 Å². The van der Waals surface area contributed by atoms with Crippen molar-refractivity contribution >= 4 is 0 Å². The molecule has 1 saturated carbocycles. The molecule has 1 aromatic carbocycles. The van der Waals surface area contributed by atoms with Gasteiger partial charge < -0.3 is 5.32 Å². The highest BCUT2D eigenvalue weighted by Crippen LogP contribution is 2.41. The van der Waals surface area contributed by atoms with Gasteiger partial charge in [0.1, 0.15) is 11.6 Å². The van der Waals surface area contributed by atoms with E-state index in [1.807, 2.05) is 0 Å². The molecule has 0 heterocycles. The van der Waals surface area contributed by atoms with Crippen molar-refractivity contribution < 1.29 is 8.78 Å². The summed E-state index contributed by atoms with van der Waals surface area (Å²) in [5.41, 5.74) is 0.283. The maximum absolute atomic E-state index is 13.8. The van der Waals surface area contributed by atoms with E-state index in [0.29, 0.717) is 6.04 Å². The first-order chi connectivity index (χ1) is 8.65. The molecule has 0 saturated heterocycles. The summed E-state index contributed by atoms with van der Waals surface area (Å²) in [5.74, 6) is -0.519. The number of benzene rings is 1. The molecule has 0 aromatic heterocycles. The highest BCUT2D eigenvalue weighted by Gasteiger charge is 2.36. The second-order valence-corrected chi connectivity index (χ2v) is 5.24. The Morgan fingerprint density at radius 1 is 1.22 bits per heavy atom. The second-order valence-electron chi connectivity index (χ2n) is 5.24. The Morgan fingerprint density at radius 2 is 1.89 bits per heavy atom. The zero-order chi connectivity index (χ0) is 13.1. The third-order valence-corrected chi connectivity index (χ3v) is 4.09. The summed E-state index contributed by atoms with van der Waals surface area (Å²) in [6.45, 7) is 5.19. The van der Waals surface area contributed by atoms with Crippen LogP contribution in [0.2, 0.25) is 0 Å². The summed E-state index contributed by atoms with van der Waals surface area (Å²) in [7, 11) is 0. The summed E-state index contributed by atoms with van der Waals surface area (Å²) in [5, 5.41) is 3.47. The predicted octanol–water partition coefficient (Wildman–Crippen LogP) is 3.85. The van der Waals surface area contributed by atoms with Crippen molar-refractivity contribution in [3.8, 4) is 0 Å². The van der Waals surface area contributed by atoms with Crippen LogP contribution in [-0.4, -0.2) is 12.6 Å². The molecule has 3 unspecified atom stereocenters. The molecule has 0 aliphatic heterocycles. The fourth-order valence-corrected chi connectivity index (χ4v) is 3.06. The predicted molar refractivity (Wildman–Crippen MR) is 69.6 cm³/mol. The first-order valence-electron chi connectivity index (χ1n) is 6.82. The van der Waals surface area contributed by atoms with E-state index in [1.54, 1.807) is 0 Å². The highest BCUT2D eigenvalue weighted by molar-refractivity contribution is 5.26. The van der Waals surface area contributed by atoms with Crippen molar-refractivity contribution in [1.29, 1.82) is 0 Å². The van der Waals surface area contributed by atoms with E-state index in [1.165, 1.54) is 18.2 Å². The fourth-order valence-electron chi connectivity index (χ4n) is 3.06. The Kier molecular flexibility index (Phi) is 4.33. The van der Waals surface area contributed by atoms with Crippen LogP contribution in [0.4, 0.5) is 8.78 Å². The van der Waals surface area contributed by atoms with Crippen LogP contribution in [0.3, 0.4) is 0 Å². The third kappa shape index (κ3) is 2.56. The minimum atomic E-state index is -0.400. The molecule has 3 heteroatoms. The molecule has 1 aliphatic rings. The smallest absolute Gasteiger partial charge is 0.129 e. The molecular weight excluding hydrogens is 232 g/mol. The highest BCUT2D eigenvalue weighted by atomic mass is 19.1. The summed E-state index contributed by atoms with van der Waals surface area (Å²) in [4.78, 5) is 0. The van der Waals surface area contributed by atoms with Gasteiger partial charge in [-0.05, 0) is 49.8 Å². The number of nitrogens with one attached hydrogen (secondary N) is 1. The lowest BCUT2D eigenvalue weighted by Crippen LogP contribution is -2.33. The standard InChI is InChI=1S/C15H21F2N/c1-3-9-18-14-8-7-11(10(14)2)15-12(16)5-4-6-13(15)17/h4-6,10-11,14,18H,3,7-9H2,1-2H3.